The summed E-state index contributed by atoms with van der Waals surface area (Å²) in [6.45, 7) is 13.3. The van der Waals surface area contributed by atoms with E-state index in [1.807, 2.05) is 20.8 Å². The Morgan fingerprint density at radius 1 is 1.38 bits per heavy atom. The van der Waals surface area contributed by atoms with E-state index in [1.165, 1.54) is 4.90 Å². The number of hydrogen-bond donors (Lipinski definition) is 1. The van der Waals surface area contributed by atoms with Crippen molar-refractivity contribution in [3.8, 4) is 0 Å². The van der Waals surface area contributed by atoms with Gasteiger partial charge in [-0.05, 0) is 33.6 Å². The lowest BCUT2D eigenvalue weighted by Crippen LogP contribution is -2.60. The van der Waals surface area contributed by atoms with Crippen LogP contribution in [0.15, 0.2) is 25.3 Å². The highest BCUT2D eigenvalue weighted by atomic mass is 79.9. The van der Waals surface area contributed by atoms with Gasteiger partial charge in [0.15, 0.2) is 0 Å². The van der Waals surface area contributed by atoms with Gasteiger partial charge < -0.3 is 24.4 Å². The molecule has 9 heteroatoms. The number of ether oxygens (including phenoxy) is 2. The molecule has 0 aromatic carbocycles. The fourth-order valence-electron chi connectivity index (χ4n) is 5.34. The van der Waals surface area contributed by atoms with Crippen LogP contribution in [0.1, 0.15) is 33.6 Å². The lowest BCUT2D eigenvalue weighted by Gasteiger charge is -2.42. The number of aliphatic hydroxyl groups excluding tert-OH is 1. The zero-order valence-electron chi connectivity index (χ0n) is 19.0. The summed E-state index contributed by atoms with van der Waals surface area (Å²) in [5.41, 5.74) is -1.68. The van der Waals surface area contributed by atoms with E-state index in [-0.39, 0.29) is 36.4 Å². The Morgan fingerprint density at radius 2 is 2.06 bits per heavy atom. The Bertz CT molecular complexity index is 796. The van der Waals surface area contributed by atoms with Crippen molar-refractivity contribution in [2.24, 2.45) is 11.8 Å². The van der Waals surface area contributed by atoms with Gasteiger partial charge in [0.1, 0.15) is 11.6 Å². The number of alkyl halides is 1. The van der Waals surface area contributed by atoms with Gasteiger partial charge in [-0.15, -0.1) is 13.2 Å². The highest BCUT2D eigenvalue weighted by Crippen LogP contribution is 2.60. The molecule has 0 aromatic rings. The summed E-state index contributed by atoms with van der Waals surface area (Å²) in [6.07, 6.45) is 3.65. The van der Waals surface area contributed by atoms with Crippen LogP contribution in [0.2, 0.25) is 0 Å². The number of β-amino-alcohol motifs (C(OH)–C–C–N with tert-alkyl or cyclic N) is 1. The minimum absolute atomic E-state index is 0.0151. The highest BCUT2D eigenvalue weighted by Gasteiger charge is 2.77. The number of esters is 1. The Balaban J connectivity index is 2.03. The largest absolute Gasteiger partial charge is 0.465 e. The lowest BCUT2D eigenvalue weighted by molar-refractivity contribution is -0.155. The van der Waals surface area contributed by atoms with E-state index in [9.17, 15) is 19.5 Å². The summed E-state index contributed by atoms with van der Waals surface area (Å²) < 4.78 is 11.8. The second-order valence-corrected chi connectivity index (χ2v) is 10.7. The molecular formula is C23H33BrN2O6. The average molecular weight is 513 g/mol. The molecule has 3 unspecified atom stereocenters. The van der Waals surface area contributed by atoms with Crippen LogP contribution in [-0.4, -0.2) is 87.1 Å². The lowest BCUT2D eigenvalue weighted by atomic mass is 9.70. The third-order valence-corrected chi connectivity index (χ3v) is 7.43. The van der Waals surface area contributed by atoms with Crippen molar-refractivity contribution >= 4 is 33.7 Å². The van der Waals surface area contributed by atoms with E-state index in [1.54, 1.807) is 17.1 Å². The van der Waals surface area contributed by atoms with Crippen LogP contribution >= 0.6 is 15.9 Å². The number of carbonyl (C=O) groups excluding carboxylic acids is 3. The van der Waals surface area contributed by atoms with Gasteiger partial charge in [-0.1, -0.05) is 28.1 Å². The van der Waals surface area contributed by atoms with Gasteiger partial charge in [0.25, 0.3) is 0 Å². The predicted octanol–water partition coefficient (Wildman–Crippen LogP) is 1.66. The number of nitrogens with zero attached hydrogens (tertiary/aromatic N) is 2. The summed E-state index contributed by atoms with van der Waals surface area (Å²) in [4.78, 5) is 43.3. The number of carbonyl (C=O) groups is 3. The monoisotopic (exact) mass is 512 g/mol. The zero-order valence-corrected chi connectivity index (χ0v) is 20.5. The molecular weight excluding hydrogens is 480 g/mol. The maximum atomic E-state index is 13.9. The van der Waals surface area contributed by atoms with Crippen LogP contribution in [0, 0.1) is 11.8 Å². The summed E-state index contributed by atoms with van der Waals surface area (Å²) >= 11 is 3.61. The molecule has 32 heavy (non-hydrogen) atoms. The molecule has 3 heterocycles. The van der Waals surface area contributed by atoms with Gasteiger partial charge in [0, 0.05) is 23.5 Å². The van der Waals surface area contributed by atoms with Crippen molar-refractivity contribution in [1.29, 1.82) is 0 Å². The summed E-state index contributed by atoms with van der Waals surface area (Å²) in [5, 5.41) is 9.66. The van der Waals surface area contributed by atoms with Crippen molar-refractivity contribution in [3.63, 3.8) is 0 Å². The zero-order chi connectivity index (χ0) is 23.8. The van der Waals surface area contributed by atoms with Gasteiger partial charge in [-0.2, -0.15) is 0 Å². The number of aliphatic hydroxyl groups is 1. The van der Waals surface area contributed by atoms with E-state index < -0.39 is 41.1 Å². The average Bonchev–Trinajstić information content (AvgIpc) is 3.29. The van der Waals surface area contributed by atoms with Crippen LogP contribution in [0.25, 0.3) is 0 Å². The highest BCUT2D eigenvalue weighted by molar-refractivity contribution is 9.09. The van der Waals surface area contributed by atoms with Gasteiger partial charge in [0.2, 0.25) is 11.8 Å². The van der Waals surface area contributed by atoms with Gasteiger partial charge in [-0.3, -0.25) is 14.4 Å². The molecule has 1 spiro atoms. The molecule has 0 aliphatic carbocycles. The van der Waals surface area contributed by atoms with Crippen LogP contribution in [0.3, 0.4) is 0 Å². The van der Waals surface area contributed by atoms with Crippen LogP contribution in [0.5, 0.6) is 0 Å². The van der Waals surface area contributed by atoms with E-state index >= 15 is 0 Å². The molecule has 8 nitrogen and oxygen atoms in total. The molecule has 3 saturated heterocycles. The number of amides is 2. The molecule has 3 aliphatic heterocycles. The SMILES string of the molecule is C=CCCOC(=O)[C@H]1[C@@H]2OC3(CC2Br)C(C(=O)N(CC=C)C(C)(C)C)N(CCO)C(=O)[C@H]13. The topological polar surface area (TPSA) is 96.4 Å². The van der Waals surface area contributed by atoms with Crippen molar-refractivity contribution in [2.75, 3.05) is 26.3 Å². The molecule has 6 atom stereocenters. The third kappa shape index (κ3) is 3.92. The fraction of sp³-hybridized carbons (Fsp3) is 0.696. The molecule has 3 rings (SSSR count). The van der Waals surface area contributed by atoms with Crippen molar-refractivity contribution in [1.82, 2.24) is 9.80 Å². The fourth-order valence-corrected chi connectivity index (χ4v) is 6.28. The standard InChI is InChI=1S/C23H33BrN2O6/c1-6-8-12-31-21(30)15-16-19(28)25(10-11-27)18(23(16)13-14(24)17(15)32-23)20(29)26(9-7-2)22(3,4)5/h6-7,14-18,27H,1-2,8-13H2,3-5H3/t14?,15-,16+,17-,18?,23?/m1/s1. The van der Waals surface area contributed by atoms with Crippen LogP contribution in [0.4, 0.5) is 0 Å². The number of hydrogen-bond acceptors (Lipinski definition) is 6. The number of fused-ring (bicyclic) bond motifs is 1. The quantitative estimate of drug-likeness (QED) is 0.218. The second-order valence-electron chi connectivity index (χ2n) is 9.57. The Kier molecular flexibility index (Phi) is 7.22. The Hall–Kier alpha value is -1.71. The van der Waals surface area contributed by atoms with Gasteiger partial charge in [-0.25, -0.2) is 0 Å². The number of rotatable bonds is 9. The molecule has 0 aromatic heterocycles. The molecule has 1 N–H and O–H groups in total. The first-order valence-corrected chi connectivity index (χ1v) is 11.9. The number of likely N-dealkylation sites (tertiary alicyclic amines) is 1. The summed E-state index contributed by atoms with van der Waals surface area (Å²) in [5.74, 6) is -2.77. The Labute approximate surface area is 197 Å². The van der Waals surface area contributed by atoms with E-state index in [4.69, 9.17) is 9.47 Å². The normalized spacial score (nSPS) is 33.2. The van der Waals surface area contributed by atoms with Gasteiger partial charge in [0.05, 0.1) is 31.2 Å². The summed E-state index contributed by atoms with van der Waals surface area (Å²) in [6, 6.07) is -0.942. The molecule has 2 bridgehead atoms. The van der Waals surface area contributed by atoms with Crippen molar-refractivity contribution < 1.29 is 29.0 Å². The molecule has 178 valence electrons. The molecule has 3 aliphatic rings. The first-order chi connectivity index (χ1) is 15.0. The van der Waals surface area contributed by atoms with Gasteiger partial charge >= 0.3 is 5.97 Å². The third-order valence-electron chi connectivity index (χ3n) is 6.59. The second kappa shape index (κ2) is 9.27. The minimum Gasteiger partial charge on any atom is -0.465 e. The maximum absolute atomic E-state index is 13.9. The van der Waals surface area contributed by atoms with Crippen LogP contribution in [-0.2, 0) is 23.9 Å². The predicted molar refractivity (Wildman–Crippen MR) is 122 cm³/mol. The van der Waals surface area contributed by atoms with E-state index in [0.29, 0.717) is 19.4 Å². The Morgan fingerprint density at radius 3 is 2.62 bits per heavy atom. The maximum Gasteiger partial charge on any atom is 0.312 e. The van der Waals surface area contributed by atoms with E-state index in [0.717, 1.165) is 0 Å². The van der Waals surface area contributed by atoms with Crippen molar-refractivity contribution in [3.05, 3.63) is 25.3 Å². The minimum atomic E-state index is -1.16. The molecule has 0 radical (unpaired) electrons. The first-order valence-electron chi connectivity index (χ1n) is 11.0. The smallest absolute Gasteiger partial charge is 0.312 e. The first kappa shape index (κ1) is 24.9. The van der Waals surface area contributed by atoms with E-state index in [2.05, 4.69) is 29.1 Å². The molecule has 0 saturated carbocycles. The van der Waals surface area contributed by atoms with Crippen LogP contribution < -0.4 is 0 Å². The number of halogens is 1. The van der Waals surface area contributed by atoms with Crippen molar-refractivity contribution in [2.45, 2.75) is 61.7 Å². The summed E-state index contributed by atoms with van der Waals surface area (Å²) in [7, 11) is 0. The molecule has 2 amide bonds. The molecule has 3 fully saturated rings.